The Morgan fingerprint density at radius 1 is 0.958 bits per heavy atom. The maximum atomic E-state index is 12.4. The highest BCUT2D eigenvalue weighted by atomic mass is 16.2. The second kappa shape index (κ2) is 7.43. The average molecular weight is 321 g/mol. The largest absolute Gasteiger partial charge is 0.338 e. The first-order valence-electron chi connectivity index (χ1n) is 8.64. The van der Waals surface area contributed by atoms with E-state index in [4.69, 9.17) is 0 Å². The van der Waals surface area contributed by atoms with E-state index in [2.05, 4.69) is 19.1 Å². The summed E-state index contributed by atoms with van der Waals surface area (Å²) in [5.41, 5.74) is 4.46. The van der Waals surface area contributed by atoms with E-state index in [1.165, 1.54) is 16.7 Å². The first kappa shape index (κ1) is 16.4. The molecule has 0 atom stereocenters. The zero-order valence-electron chi connectivity index (χ0n) is 14.1. The highest BCUT2D eigenvalue weighted by Crippen LogP contribution is 2.19. The van der Waals surface area contributed by atoms with E-state index in [1.54, 1.807) is 0 Å². The van der Waals surface area contributed by atoms with Crippen LogP contribution in [-0.4, -0.2) is 23.1 Å². The third kappa shape index (κ3) is 3.73. The number of carbonyl (C=O) groups excluding carboxylic acids is 2. The van der Waals surface area contributed by atoms with Crippen LogP contribution in [0, 0.1) is 0 Å². The van der Waals surface area contributed by atoms with Crippen molar-refractivity contribution in [3.63, 3.8) is 0 Å². The molecule has 0 bridgehead atoms. The SMILES string of the molecule is CCc1ccc(C(=O)CCC(=O)N2CCc3ccccc3C2)cc1. The van der Waals surface area contributed by atoms with Gasteiger partial charge in [-0.25, -0.2) is 0 Å². The number of hydrogen-bond acceptors (Lipinski definition) is 2. The highest BCUT2D eigenvalue weighted by Gasteiger charge is 2.20. The Balaban J connectivity index is 1.55. The van der Waals surface area contributed by atoms with Crippen LogP contribution in [0.1, 0.15) is 46.8 Å². The average Bonchev–Trinajstić information content (AvgIpc) is 2.65. The zero-order chi connectivity index (χ0) is 16.9. The van der Waals surface area contributed by atoms with Crippen LogP contribution in [0.15, 0.2) is 48.5 Å². The lowest BCUT2D eigenvalue weighted by molar-refractivity contribution is -0.132. The molecule has 1 heterocycles. The minimum Gasteiger partial charge on any atom is -0.338 e. The van der Waals surface area contributed by atoms with Crippen LogP contribution in [0.5, 0.6) is 0 Å². The number of Topliss-reactive ketones (excluding diaryl/α,β-unsaturated/α-hetero) is 1. The van der Waals surface area contributed by atoms with Gasteiger partial charge in [0.1, 0.15) is 0 Å². The Bertz CT molecular complexity index is 734. The van der Waals surface area contributed by atoms with Crippen molar-refractivity contribution in [2.24, 2.45) is 0 Å². The van der Waals surface area contributed by atoms with Gasteiger partial charge in [-0.15, -0.1) is 0 Å². The maximum absolute atomic E-state index is 12.4. The van der Waals surface area contributed by atoms with Crippen LogP contribution < -0.4 is 0 Å². The lowest BCUT2D eigenvalue weighted by Crippen LogP contribution is -2.36. The van der Waals surface area contributed by atoms with Crippen LogP contribution in [0.3, 0.4) is 0 Å². The zero-order valence-corrected chi connectivity index (χ0v) is 14.1. The van der Waals surface area contributed by atoms with Gasteiger partial charge >= 0.3 is 0 Å². The quantitative estimate of drug-likeness (QED) is 0.786. The van der Waals surface area contributed by atoms with Gasteiger partial charge < -0.3 is 4.90 Å². The molecule has 1 aliphatic heterocycles. The molecule has 0 N–H and O–H groups in total. The fraction of sp³-hybridized carbons (Fsp3) is 0.333. The van der Waals surface area contributed by atoms with E-state index in [1.807, 2.05) is 41.3 Å². The van der Waals surface area contributed by atoms with Crippen molar-refractivity contribution in [1.29, 1.82) is 0 Å². The van der Waals surface area contributed by atoms with E-state index < -0.39 is 0 Å². The number of carbonyl (C=O) groups is 2. The second-order valence-corrected chi connectivity index (χ2v) is 6.31. The van der Waals surface area contributed by atoms with Gasteiger partial charge in [0, 0.05) is 31.5 Å². The molecular weight excluding hydrogens is 298 g/mol. The molecule has 0 radical (unpaired) electrons. The third-order valence-electron chi connectivity index (χ3n) is 4.73. The molecular formula is C21H23NO2. The van der Waals surface area contributed by atoms with Gasteiger partial charge in [-0.2, -0.15) is 0 Å². The van der Waals surface area contributed by atoms with E-state index in [-0.39, 0.29) is 24.5 Å². The van der Waals surface area contributed by atoms with Crippen LogP contribution in [0.2, 0.25) is 0 Å². The van der Waals surface area contributed by atoms with E-state index in [0.717, 1.165) is 19.4 Å². The Morgan fingerprint density at radius 2 is 1.67 bits per heavy atom. The number of benzene rings is 2. The van der Waals surface area contributed by atoms with Gasteiger partial charge in [-0.05, 0) is 29.5 Å². The minimum absolute atomic E-state index is 0.0448. The summed E-state index contributed by atoms with van der Waals surface area (Å²) >= 11 is 0. The van der Waals surface area contributed by atoms with Gasteiger partial charge in [-0.3, -0.25) is 9.59 Å². The van der Waals surface area contributed by atoms with Gasteiger partial charge in [-0.1, -0.05) is 55.5 Å². The summed E-state index contributed by atoms with van der Waals surface area (Å²) in [4.78, 5) is 26.5. The van der Waals surface area contributed by atoms with Crippen molar-refractivity contribution < 1.29 is 9.59 Å². The first-order chi connectivity index (χ1) is 11.7. The monoisotopic (exact) mass is 321 g/mol. The third-order valence-corrected chi connectivity index (χ3v) is 4.73. The summed E-state index contributed by atoms with van der Waals surface area (Å²) in [5, 5.41) is 0. The predicted molar refractivity (Wildman–Crippen MR) is 94.9 cm³/mol. The van der Waals surface area contributed by atoms with Crippen LogP contribution in [0.4, 0.5) is 0 Å². The summed E-state index contributed by atoms with van der Waals surface area (Å²) < 4.78 is 0. The lowest BCUT2D eigenvalue weighted by Gasteiger charge is -2.28. The van der Waals surface area contributed by atoms with Crippen molar-refractivity contribution in [2.45, 2.75) is 39.2 Å². The van der Waals surface area contributed by atoms with Crippen molar-refractivity contribution in [1.82, 2.24) is 4.90 Å². The number of nitrogens with zero attached hydrogens (tertiary/aromatic N) is 1. The molecule has 0 fully saturated rings. The van der Waals surface area contributed by atoms with Crippen molar-refractivity contribution >= 4 is 11.7 Å². The molecule has 1 amide bonds. The molecule has 3 nitrogen and oxygen atoms in total. The summed E-state index contributed by atoms with van der Waals surface area (Å²) in [6.45, 7) is 3.50. The van der Waals surface area contributed by atoms with Gasteiger partial charge in [0.2, 0.25) is 5.91 Å². The number of ketones is 1. The molecule has 3 heteroatoms. The molecule has 124 valence electrons. The fourth-order valence-electron chi connectivity index (χ4n) is 3.16. The van der Waals surface area contributed by atoms with Crippen LogP contribution in [-0.2, 0) is 24.2 Å². The Morgan fingerprint density at radius 3 is 2.38 bits per heavy atom. The van der Waals surface area contributed by atoms with Gasteiger partial charge in [0.15, 0.2) is 5.78 Å². The second-order valence-electron chi connectivity index (χ2n) is 6.31. The van der Waals surface area contributed by atoms with E-state index in [9.17, 15) is 9.59 Å². The predicted octanol–water partition coefficient (Wildman–Crippen LogP) is 3.80. The number of rotatable bonds is 5. The molecule has 0 saturated carbocycles. The topological polar surface area (TPSA) is 37.4 Å². The molecule has 1 aliphatic rings. The smallest absolute Gasteiger partial charge is 0.223 e. The standard InChI is InChI=1S/C21H23NO2/c1-2-16-7-9-18(10-8-16)20(23)11-12-21(24)22-14-13-17-5-3-4-6-19(17)15-22/h3-10H,2,11-15H2,1H3. The fourth-order valence-corrected chi connectivity index (χ4v) is 3.16. The van der Waals surface area contributed by atoms with Crippen LogP contribution >= 0.6 is 0 Å². The van der Waals surface area contributed by atoms with Gasteiger partial charge in [0.25, 0.3) is 0 Å². The van der Waals surface area contributed by atoms with E-state index in [0.29, 0.717) is 12.1 Å². The first-order valence-corrected chi connectivity index (χ1v) is 8.64. The molecule has 24 heavy (non-hydrogen) atoms. The molecule has 3 rings (SSSR count). The number of amides is 1. The molecule has 0 spiro atoms. The Kier molecular flexibility index (Phi) is 5.09. The summed E-state index contributed by atoms with van der Waals surface area (Å²) in [6, 6.07) is 15.9. The highest BCUT2D eigenvalue weighted by molar-refractivity contribution is 5.98. The minimum atomic E-state index is 0.0448. The Hall–Kier alpha value is -2.42. The summed E-state index contributed by atoms with van der Waals surface area (Å²) in [6.07, 6.45) is 2.43. The van der Waals surface area contributed by atoms with Crippen molar-refractivity contribution in [3.05, 3.63) is 70.8 Å². The van der Waals surface area contributed by atoms with E-state index >= 15 is 0 Å². The number of fused-ring (bicyclic) bond motifs is 1. The molecule has 0 aliphatic carbocycles. The molecule has 2 aromatic rings. The molecule has 0 aromatic heterocycles. The number of hydrogen-bond donors (Lipinski definition) is 0. The lowest BCUT2D eigenvalue weighted by atomic mass is 9.99. The molecule has 0 unspecified atom stereocenters. The van der Waals surface area contributed by atoms with Crippen molar-refractivity contribution in [3.8, 4) is 0 Å². The normalized spacial score (nSPS) is 13.5. The Labute approximate surface area is 143 Å². The van der Waals surface area contributed by atoms with Gasteiger partial charge in [0.05, 0.1) is 0 Å². The summed E-state index contributed by atoms with van der Waals surface area (Å²) in [5.74, 6) is 0.117. The summed E-state index contributed by atoms with van der Waals surface area (Å²) in [7, 11) is 0. The maximum Gasteiger partial charge on any atom is 0.223 e. The van der Waals surface area contributed by atoms with Crippen LogP contribution in [0.25, 0.3) is 0 Å². The van der Waals surface area contributed by atoms with Crippen molar-refractivity contribution in [2.75, 3.05) is 6.54 Å². The molecule has 2 aromatic carbocycles. The number of aryl methyl sites for hydroxylation is 1. The molecule has 0 saturated heterocycles.